The zero-order valence-corrected chi connectivity index (χ0v) is 17.1. The third-order valence-corrected chi connectivity index (χ3v) is 6.78. The summed E-state index contributed by atoms with van der Waals surface area (Å²) in [4.78, 5) is 39.0. The van der Waals surface area contributed by atoms with Gasteiger partial charge in [0.2, 0.25) is 11.8 Å². The van der Waals surface area contributed by atoms with Gasteiger partial charge in [0.1, 0.15) is 12.3 Å². The molecule has 7 nitrogen and oxygen atoms in total. The van der Waals surface area contributed by atoms with E-state index in [0.717, 1.165) is 5.56 Å². The first-order chi connectivity index (χ1) is 14.5. The molecule has 2 aliphatic heterocycles. The molecule has 4 rings (SSSR count). The van der Waals surface area contributed by atoms with Crippen molar-refractivity contribution < 1.29 is 23.7 Å². The molecule has 154 valence electrons. The van der Waals surface area contributed by atoms with E-state index in [4.69, 9.17) is 4.74 Å². The summed E-state index contributed by atoms with van der Waals surface area (Å²) >= 11 is -1.57. The SMILES string of the molecule is CC(=O)NC1=C(C(=O)OCc2ccccc2)N2C(=O)CC2C1[S+]([O-])c1ccccc1. The minimum Gasteiger partial charge on any atom is -0.611 e. The molecule has 30 heavy (non-hydrogen) atoms. The second-order valence-corrected chi connectivity index (χ2v) is 8.65. The Balaban J connectivity index is 1.67. The van der Waals surface area contributed by atoms with E-state index in [-0.39, 0.29) is 30.3 Å². The lowest BCUT2D eigenvalue weighted by molar-refractivity contribution is -0.150. The van der Waals surface area contributed by atoms with E-state index in [0.29, 0.717) is 4.90 Å². The highest BCUT2D eigenvalue weighted by atomic mass is 32.2. The summed E-state index contributed by atoms with van der Waals surface area (Å²) in [5, 5.41) is 1.93. The zero-order chi connectivity index (χ0) is 21.3. The molecule has 2 amide bonds. The van der Waals surface area contributed by atoms with Crippen molar-refractivity contribution in [3.63, 3.8) is 0 Å². The molecule has 1 fully saturated rings. The van der Waals surface area contributed by atoms with E-state index in [1.807, 2.05) is 36.4 Å². The van der Waals surface area contributed by atoms with Crippen molar-refractivity contribution in [2.45, 2.75) is 36.1 Å². The van der Waals surface area contributed by atoms with E-state index in [1.54, 1.807) is 24.3 Å². The Labute approximate surface area is 176 Å². The van der Waals surface area contributed by atoms with Crippen LogP contribution < -0.4 is 5.32 Å². The van der Waals surface area contributed by atoms with E-state index in [2.05, 4.69) is 5.32 Å². The van der Waals surface area contributed by atoms with Crippen molar-refractivity contribution in [1.29, 1.82) is 0 Å². The number of amides is 2. The monoisotopic (exact) mass is 424 g/mol. The van der Waals surface area contributed by atoms with Gasteiger partial charge in [0.15, 0.2) is 15.8 Å². The summed E-state index contributed by atoms with van der Waals surface area (Å²) in [6.07, 6.45) is 0.155. The van der Waals surface area contributed by atoms with E-state index in [9.17, 15) is 18.9 Å². The summed E-state index contributed by atoms with van der Waals surface area (Å²) in [6, 6.07) is 17.5. The number of fused-ring (bicyclic) bond motifs is 1. The molecule has 3 atom stereocenters. The van der Waals surface area contributed by atoms with Crippen LogP contribution in [0.25, 0.3) is 0 Å². The first-order valence-corrected chi connectivity index (χ1v) is 10.7. The molecule has 0 spiro atoms. The van der Waals surface area contributed by atoms with Crippen LogP contribution in [0.3, 0.4) is 0 Å². The van der Waals surface area contributed by atoms with Gasteiger partial charge in [-0.15, -0.1) is 0 Å². The number of β-lactam (4-membered cyclic amide) rings is 1. The minimum atomic E-state index is -1.57. The van der Waals surface area contributed by atoms with Crippen LogP contribution >= 0.6 is 0 Å². The van der Waals surface area contributed by atoms with Gasteiger partial charge in [0.25, 0.3) is 0 Å². The number of nitrogens with one attached hydrogen (secondary N) is 1. The smallest absolute Gasteiger partial charge is 0.357 e. The number of carbonyl (C=O) groups is 3. The first kappa shape index (κ1) is 20.2. The molecule has 3 unspecified atom stereocenters. The summed E-state index contributed by atoms with van der Waals surface area (Å²) < 4.78 is 18.7. The van der Waals surface area contributed by atoms with Gasteiger partial charge in [0.05, 0.1) is 12.5 Å². The number of hydrogen-bond acceptors (Lipinski definition) is 5. The normalized spacial score (nSPS) is 21.0. The Morgan fingerprint density at radius 2 is 1.77 bits per heavy atom. The fourth-order valence-electron chi connectivity index (χ4n) is 3.70. The van der Waals surface area contributed by atoms with Crippen molar-refractivity contribution in [3.8, 4) is 0 Å². The van der Waals surface area contributed by atoms with Crippen molar-refractivity contribution >= 4 is 29.0 Å². The van der Waals surface area contributed by atoms with Crippen LogP contribution in [0.4, 0.5) is 0 Å². The fourth-order valence-corrected chi connectivity index (χ4v) is 5.31. The first-order valence-electron chi connectivity index (χ1n) is 9.48. The molecule has 0 saturated carbocycles. The maximum atomic E-state index is 13.3. The lowest BCUT2D eigenvalue weighted by atomic mass is 10.0. The van der Waals surface area contributed by atoms with Gasteiger partial charge < -0.3 is 14.6 Å². The fraction of sp³-hybridized carbons (Fsp3) is 0.227. The molecule has 2 aliphatic rings. The Kier molecular flexibility index (Phi) is 5.61. The van der Waals surface area contributed by atoms with Crippen molar-refractivity contribution in [1.82, 2.24) is 10.2 Å². The maximum Gasteiger partial charge on any atom is 0.357 e. The Bertz CT molecular complexity index is 1010. The Hall–Kier alpha value is -3.10. The second kappa shape index (κ2) is 8.33. The van der Waals surface area contributed by atoms with Crippen molar-refractivity contribution in [3.05, 3.63) is 77.6 Å². The van der Waals surface area contributed by atoms with Crippen molar-refractivity contribution in [2.75, 3.05) is 0 Å². The lowest BCUT2D eigenvalue weighted by Crippen LogP contribution is -2.55. The number of rotatable bonds is 6. The number of nitrogens with zero attached hydrogens (tertiary/aromatic N) is 1. The number of esters is 1. The zero-order valence-electron chi connectivity index (χ0n) is 16.2. The van der Waals surface area contributed by atoms with E-state index >= 15 is 0 Å². The molecule has 2 heterocycles. The predicted octanol–water partition coefficient (Wildman–Crippen LogP) is 1.87. The third kappa shape index (κ3) is 3.71. The number of carbonyl (C=O) groups excluding carboxylic acids is 3. The van der Waals surface area contributed by atoms with Crippen LogP contribution in [-0.4, -0.2) is 38.5 Å². The van der Waals surface area contributed by atoms with Crippen LogP contribution in [0, 0.1) is 0 Å². The average Bonchev–Trinajstić information content (AvgIpc) is 3.00. The molecule has 2 aromatic rings. The molecule has 2 aromatic carbocycles. The summed E-state index contributed by atoms with van der Waals surface area (Å²) in [7, 11) is 0. The lowest BCUT2D eigenvalue weighted by Gasteiger charge is -2.37. The van der Waals surface area contributed by atoms with Gasteiger partial charge in [-0.05, 0) is 28.9 Å². The number of hydrogen-bond donors (Lipinski definition) is 1. The van der Waals surface area contributed by atoms with Gasteiger partial charge in [-0.25, -0.2) is 4.79 Å². The topological polar surface area (TPSA) is 98.8 Å². The second-order valence-electron chi connectivity index (χ2n) is 7.07. The molecule has 0 aromatic heterocycles. The van der Waals surface area contributed by atoms with Gasteiger partial charge in [-0.1, -0.05) is 48.5 Å². The van der Waals surface area contributed by atoms with Gasteiger partial charge in [-0.2, -0.15) is 0 Å². The summed E-state index contributed by atoms with van der Waals surface area (Å²) in [5.74, 6) is -1.40. The largest absolute Gasteiger partial charge is 0.611 e. The van der Waals surface area contributed by atoms with E-state index < -0.39 is 34.3 Å². The maximum absolute atomic E-state index is 13.3. The minimum absolute atomic E-state index is 0.0235. The molecular weight excluding hydrogens is 404 g/mol. The highest BCUT2D eigenvalue weighted by Gasteiger charge is 2.59. The Morgan fingerprint density at radius 1 is 1.13 bits per heavy atom. The van der Waals surface area contributed by atoms with Crippen LogP contribution in [0.5, 0.6) is 0 Å². The molecule has 1 saturated heterocycles. The number of ether oxygens (including phenoxy) is 1. The summed E-state index contributed by atoms with van der Waals surface area (Å²) in [6.45, 7) is 1.33. The Morgan fingerprint density at radius 3 is 2.37 bits per heavy atom. The molecule has 8 heteroatoms. The molecule has 1 N–H and O–H groups in total. The van der Waals surface area contributed by atoms with Gasteiger partial charge in [0, 0.05) is 6.92 Å². The van der Waals surface area contributed by atoms with Crippen LogP contribution in [-0.2, 0) is 36.9 Å². The van der Waals surface area contributed by atoms with Crippen LogP contribution in [0.15, 0.2) is 77.0 Å². The van der Waals surface area contributed by atoms with Gasteiger partial charge in [-0.3, -0.25) is 14.5 Å². The quantitative estimate of drug-likeness (QED) is 0.434. The molecule has 0 bridgehead atoms. The molecule has 0 radical (unpaired) electrons. The van der Waals surface area contributed by atoms with Crippen molar-refractivity contribution in [2.24, 2.45) is 0 Å². The third-order valence-electron chi connectivity index (χ3n) is 5.04. The molecule has 0 aliphatic carbocycles. The standard InChI is InChI=1S/C22H20N2O5S/c1-14(25)23-19-20(22(27)29-13-15-8-4-2-5-9-15)24-17(12-18(24)26)21(19)30(28)16-10-6-3-7-11-16/h2-11,17,21H,12-13H2,1H3,(H,23,25). The summed E-state index contributed by atoms with van der Waals surface area (Å²) in [5.41, 5.74) is 0.941. The van der Waals surface area contributed by atoms with E-state index in [1.165, 1.54) is 11.8 Å². The molecular formula is C22H20N2O5S. The van der Waals surface area contributed by atoms with Crippen LogP contribution in [0.2, 0.25) is 0 Å². The highest BCUT2D eigenvalue weighted by Crippen LogP contribution is 2.43. The highest BCUT2D eigenvalue weighted by molar-refractivity contribution is 7.92. The van der Waals surface area contributed by atoms with Crippen LogP contribution in [0.1, 0.15) is 18.9 Å². The average molecular weight is 424 g/mol. The number of benzene rings is 2. The predicted molar refractivity (Wildman–Crippen MR) is 109 cm³/mol. The van der Waals surface area contributed by atoms with Gasteiger partial charge >= 0.3 is 5.97 Å².